The van der Waals surface area contributed by atoms with E-state index < -0.39 is 18.0 Å². The fourth-order valence-electron chi connectivity index (χ4n) is 1.85. The summed E-state index contributed by atoms with van der Waals surface area (Å²) in [4.78, 5) is 38.0. The second kappa shape index (κ2) is 6.69. The van der Waals surface area contributed by atoms with Crippen LogP contribution in [0.1, 0.15) is 18.9 Å². The van der Waals surface area contributed by atoms with Gasteiger partial charge in [0.2, 0.25) is 11.8 Å². The Morgan fingerprint density at radius 3 is 2.95 bits per heavy atom. The van der Waals surface area contributed by atoms with Crippen LogP contribution in [0.5, 0.6) is 5.88 Å². The maximum atomic E-state index is 11.7. The van der Waals surface area contributed by atoms with E-state index >= 15 is 0 Å². The number of nitrogens with one attached hydrogen (secondary N) is 3. The van der Waals surface area contributed by atoms with Crippen molar-refractivity contribution in [2.45, 2.75) is 25.9 Å². The highest BCUT2D eigenvalue weighted by Crippen LogP contribution is 2.09. The summed E-state index contributed by atoms with van der Waals surface area (Å²) < 4.78 is 5.26. The van der Waals surface area contributed by atoms with Crippen molar-refractivity contribution in [1.29, 1.82) is 0 Å². The van der Waals surface area contributed by atoms with Crippen LogP contribution >= 0.6 is 0 Å². The number of urea groups is 1. The zero-order valence-electron chi connectivity index (χ0n) is 11.5. The quantitative estimate of drug-likeness (QED) is 0.623. The molecule has 3 N–H and O–H groups in total. The molecule has 1 aliphatic heterocycles. The summed E-state index contributed by atoms with van der Waals surface area (Å²) in [7, 11) is 0. The molecule has 2 rings (SSSR count). The smallest absolute Gasteiger partial charge is 0.322 e. The molecule has 0 saturated carbocycles. The summed E-state index contributed by atoms with van der Waals surface area (Å²) in [5.74, 6) is -0.323. The van der Waals surface area contributed by atoms with Crippen LogP contribution in [-0.2, 0) is 16.1 Å². The standard InChI is InChI=1S/C13H16N4O4/c1-2-21-11-5-8(3-4-14-11)7-15-10(18)6-9-12(19)17-13(20)16-9/h3-5,9H,2,6-7H2,1H3,(H,15,18)(H2,16,17,19,20)/t9-/m0/s1. The van der Waals surface area contributed by atoms with E-state index in [1.165, 1.54) is 0 Å². The first-order valence-corrected chi connectivity index (χ1v) is 6.54. The van der Waals surface area contributed by atoms with Gasteiger partial charge in [0.15, 0.2) is 0 Å². The minimum atomic E-state index is -0.811. The lowest BCUT2D eigenvalue weighted by molar-refractivity contribution is -0.126. The summed E-state index contributed by atoms with van der Waals surface area (Å²) in [6, 6.07) is 2.10. The minimum Gasteiger partial charge on any atom is -0.478 e. The third-order valence-electron chi connectivity index (χ3n) is 2.83. The molecular formula is C13H16N4O4. The molecule has 2 heterocycles. The topological polar surface area (TPSA) is 109 Å². The van der Waals surface area contributed by atoms with E-state index in [1.807, 2.05) is 6.92 Å². The number of carbonyl (C=O) groups excluding carboxylic acids is 3. The van der Waals surface area contributed by atoms with Crippen LogP contribution in [0.25, 0.3) is 0 Å². The number of ether oxygens (including phenoxy) is 1. The molecule has 0 radical (unpaired) electrons. The van der Waals surface area contributed by atoms with Crippen molar-refractivity contribution in [3.8, 4) is 5.88 Å². The van der Waals surface area contributed by atoms with Gasteiger partial charge in [0.05, 0.1) is 13.0 Å². The van der Waals surface area contributed by atoms with Crippen molar-refractivity contribution >= 4 is 17.8 Å². The van der Waals surface area contributed by atoms with Crippen LogP contribution in [0.2, 0.25) is 0 Å². The van der Waals surface area contributed by atoms with E-state index in [2.05, 4.69) is 20.9 Å². The monoisotopic (exact) mass is 292 g/mol. The lowest BCUT2D eigenvalue weighted by Crippen LogP contribution is -2.36. The number of hydrogen-bond acceptors (Lipinski definition) is 5. The highest BCUT2D eigenvalue weighted by atomic mass is 16.5. The lowest BCUT2D eigenvalue weighted by Gasteiger charge is -2.09. The second-order valence-corrected chi connectivity index (χ2v) is 4.43. The predicted octanol–water partition coefficient (Wildman–Crippen LogP) is -0.305. The van der Waals surface area contributed by atoms with E-state index in [1.54, 1.807) is 18.3 Å². The van der Waals surface area contributed by atoms with Gasteiger partial charge in [0, 0.05) is 18.8 Å². The predicted molar refractivity (Wildman–Crippen MR) is 72.3 cm³/mol. The number of hydrogen-bond donors (Lipinski definition) is 3. The van der Waals surface area contributed by atoms with Crippen molar-refractivity contribution in [3.63, 3.8) is 0 Å². The summed E-state index contributed by atoms with van der Waals surface area (Å²) in [5.41, 5.74) is 0.835. The highest BCUT2D eigenvalue weighted by Gasteiger charge is 2.31. The number of aromatic nitrogens is 1. The molecule has 0 spiro atoms. The van der Waals surface area contributed by atoms with E-state index in [0.717, 1.165) is 5.56 Å². The van der Waals surface area contributed by atoms with Gasteiger partial charge in [-0.3, -0.25) is 14.9 Å². The van der Waals surface area contributed by atoms with Gasteiger partial charge in [0.25, 0.3) is 5.91 Å². The minimum absolute atomic E-state index is 0.0963. The zero-order valence-corrected chi connectivity index (χ0v) is 11.5. The molecule has 112 valence electrons. The second-order valence-electron chi connectivity index (χ2n) is 4.43. The average Bonchev–Trinajstić information content (AvgIpc) is 2.75. The van der Waals surface area contributed by atoms with Gasteiger partial charge in [-0.25, -0.2) is 9.78 Å². The van der Waals surface area contributed by atoms with Crippen molar-refractivity contribution in [1.82, 2.24) is 20.9 Å². The van der Waals surface area contributed by atoms with E-state index in [9.17, 15) is 14.4 Å². The molecule has 1 atom stereocenters. The highest BCUT2D eigenvalue weighted by molar-refractivity contribution is 6.05. The maximum absolute atomic E-state index is 11.7. The summed E-state index contributed by atoms with van der Waals surface area (Å²) >= 11 is 0. The normalized spacial score (nSPS) is 17.1. The molecule has 1 fully saturated rings. The van der Waals surface area contributed by atoms with E-state index in [4.69, 9.17) is 4.74 Å². The van der Waals surface area contributed by atoms with E-state index in [-0.39, 0.29) is 12.3 Å². The molecule has 1 saturated heterocycles. The largest absolute Gasteiger partial charge is 0.478 e. The molecule has 8 heteroatoms. The molecule has 0 aliphatic carbocycles. The van der Waals surface area contributed by atoms with Gasteiger partial charge >= 0.3 is 6.03 Å². The first-order valence-electron chi connectivity index (χ1n) is 6.54. The Bertz CT molecular complexity index is 561. The number of imide groups is 1. The maximum Gasteiger partial charge on any atom is 0.322 e. The summed E-state index contributed by atoms with van der Waals surface area (Å²) in [6.45, 7) is 2.67. The Morgan fingerprint density at radius 1 is 1.48 bits per heavy atom. The first-order chi connectivity index (χ1) is 10.1. The fourth-order valence-corrected chi connectivity index (χ4v) is 1.85. The number of nitrogens with zero attached hydrogens (tertiary/aromatic N) is 1. The van der Waals surface area contributed by atoms with Crippen LogP contribution < -0.4 is 20.7 Å². The molecule has 1 aromatic heterocycles. The third-order valence-corrected chi connectivity index (χ3v) is 2.83. The SMILES string of the molecule is CCOc1cc(CNC(=O)C[C@@H]2NC(=O)NC2=O)ccn1. The van der Waals surface area contributed by atoms with Crippen LogP contribution in [-0.4, -0.2) is 35.5 Å². The van der Waals surface area contributed by atoms with Gasteiger partial charge in [0.1, 0.15) is 6.04 Å². The van der Waals surface area contributed by atoms with Crippen LogP contribution in [0.3, 0.4) is 0 Å². The molecule has 4 amide bonds. The molecule has 1 aromatic rings. The lowest BCUT2D eigenvalue weighted by atomic mass is 10.2. The number of rotatable bonds is 6. The van der Waals surface area contributed by atoms with E-state index in [0.29, 0.717) is 19.0 Å². The summed E-state index contributed by atoms with van der Waals surface area (Å²) in [6.07, 6.45) is 1.50. The van der Waals surface area contributed by atoms with Crippen molar-refractivity contribution < 1.29 is 19.1 Å². The van der Waals surface area contributed by atoms with Crippen LogP contribution in [0.15, 0.2) is 18.3 Å². The molecule has 1 aliphatic rings. The molecule has 0 aromatic carbocycles. The fraction of sp³-hybridized carbons (Fsp3) is 0.385. The molecule has 0 bridgehead atoms. The van der Waals surface area contributed by atoms with Crippen LogP contribution in [0, 0.1) is 0 Å². The Hall–Kier alpha value is -2.64. The zero-order chi connectivity index (χ0) is 15.2. The summed E-state index contributed by atoms with van der Waals surface area (Å²) in [5, 5.41) is 7.12. The van der Waals surface area contributed by atoms with Crippen molar-refractivity contribution in [3.05, 3.63) is 23.9 Å². The number of amides is 4. The molecule has 0 unspecified atom stereocenters. The number of pyridine rings is 1. The molecule has 21 heavy (non-hydrogen) atoms. The first kappa shape index (κ1) is 14.8. The number of carbonyl (C=O) groups is 3. The van der Waals surface area contributed by atoms with Gasteiger partial charge in [-0.15, -0.1) is 0 Å². The average molecular weight is 292 g/mol. The van der Waals surface area contributed by atoms with Gasteiger partial charge < -0.3 is 15.4 Å². The Balaban J connectivity index is 1.82. The van der Waals surface area contributed by atoms with Gasteiger partial charge in [-0.1, -0.05) is 0 Å². The Morgan fingerprint density at radius 2 is 2.29 bits per heavy atom. The molecule has 8 nitrogen and oxygen atoms in total. The Kier molecular flexibility index (Phi) is 4.70. The van der Waals surface area contributed by atoms with Crippen molar-refractivity contribution in [2.24, 2.45) is 0 Å². The van der Waals surface area contributed by atoms with Gasteiger partial charge in [-0.2, -0.15) is 0 Å². The van der Waals surface area contributed by atoms with Gasteiger partial charge in [-0.05, 0) is 18.6 Å². The Labute approximate surface area is 121 Å². The third kappa shape index (κ3) is 4.16. The molecular weight excluding hydrogens is 276 g/mol. The van der Waals surface area contributed by atoms with Crippen LogP contribution in [0.4, 0.5) is 4.79 Å². The van der Waals surface area contributed by atoms with Crippen molar-refractivity contribution in [2.75, 3.05) is 6.61 Å².